The number of carbonyl (C=O) groups excluding carboxylic acids is 2. The molecule has 2 heterocycles. The summed E-state index contributed by atoms with van der Waals surface area (Å²) in [6.45, 7) is 0.346. The highest BCUT2D eigenvalue weighted by atomic mass is 35.5. The van der Waals surface area contributed by atoms with Crippen molar-refractivity contribution in [2.45, 2.75) is 6.42 Å². The van der Waals surface area contributed by atoms with Crippen LogP contribution < -0.4 is 10.2 Å². The molecule has 4 aromatic rings. The van der Waals surface area contributed by atoms with Gasteiger partial charge in [-0.15, -0.1) is 0 Å². The summed E-state index contributed by atoms with van der Waals surface area (Å²) in [5.74, 6) is -0.657. The molecule has 1 aromatic heterocycles. The van der Waals surface area contributed by atoms with E-state index in [1.807, 2.05) is 42.5 Å². The minimum absolute atomic E-state index is 0.0693. The first kappa shape index (κ1) is 17.8. The lowest BCUT2D eigenvalue weighted by Gasteiger charge is -2.16. The van der Waals surface area contributed by atoms with Crippen molar-refractivity contribution in [2.75, 3.05) is 16.8 Å². The number of carbonyl (C=O) groups is 2. The fourth-order valence-electron chi connectivity index (χ4n) is 3.80. The summed E-state index contributed by atoms with van der Waals surface area (Å²) in [5, 5.41) is 5.58. The number of halogens is 1. The summed E-state index contributed by atoms with van der Waals surface area (Å²) >= 11 is 5.92. The SMILES string of the molecule is O=C(Nc1ccc2c(c1)oc1ccccc12)[C@H]1CC(=O)N(c2ccc(Cl)cc2)C1. The van der Waals surface area contributed by atoms with Gasteiger partial charge in [0, 0.05) is 46.2 Å². The fourth-order valence-corrected chi connectivity index (χ4v) is 3.93. The lowest BCUT2D eigenvalue weighted by Crippen LogP contribution is -2.28. The number of nitrogens with zero attached hydrogens (tertiary/aromatic N) is 1. The topological polar surface area (TPSA) is 62.6 Å². The van der Waals surface area contributed by atoms with E-state index in [-0.39, 0.29) is 18.2 Å². The number of nitrogens with one attached hydrogen (secondary N) is 1. The number of benzene rings is 3. The van der Waals surface area contributed by atoms with Gasteiger partial charge in [-0.2, -0.15) is 0 Å². The van der Waals surface area contributed by atoms with Crippen LogP contribution in [0.25, 0.3) is 21.9 Å². The summed E-state index contributed by atoms with van der Waals surface area (Å²) in [5.41, 5.74) is 2.93. The first-order chi connectivity index (χ1) is 14.1. The average molecular weight is 405 g/mol. The highest BCUT2D eigenvalue weighted by Crippen LogP contribution is 2.31. The van der Waals surface area contributed by atoms with E-state index in [2.05, 4.69) is 5.32 Å². The molecule has 1 fully saturated rings. The smallest absolute Gasteiger partial charge is 0.229 e. The number of hydrogen-bond acceptors (Lipinski definition) is 3. The maximum absolute atomic E-state index is 12.8. The molecule has 0 radical (unpaired) electrons. The molecule has 0 bridgehead atoms. The lowest BCUT2D eigenvalue weighted by molar-refractivity contribution is -0.122. The summed E-state index contributed by atoms with van der Waals surface area (Å²) in [4.78, 5) is 26.8. The quantitative estimate of drug-likeness (QED) is 0.508. The Morgan fingerprint density at radius 2 is 1.76 bits per heavy atom. The zero-order valence-electron chi connectivity index (χ0n) is 15.4. The van der Waals surface area contributed by atoms with Gasteiger partial charge in [-0.1, -0.05) is 29.8 Å². The van der Waals surface area contributed by atoms with Gasteiger partial charge < -0.3 is 14.6 Å². The van der Waals surface area contributed by atoms with Crippen LogP contribution in [0.3, 0.4) is 0 Å². The molecule has 1 aliphatic rings. The Kier molecular flexibility index (Phi) is 4.25. The predicted molar refractivity (Wildman–Crippen MR) is 114 cm³/mol. The molecule has 0 saturated carbocycles. The molecule has 144 valence electrons. The lowest BCUT2D eigenvalue weighted by atomic mass is 10.1. The number of furan rings is 1. The number of fused-ring (bicyclic) bond motifs is 3. The van der Waals surface area contributed by atoms with Crippen LogP contribution in [0.4, 0.5) is 11.4 Å². The molecule has 2 amide bonds. The molecule has 1 atom stereocenters. The van der Waals surface area contributed by atoms with Crippen LogP contribution in [0.1, 0.15) is 6.42 Å². The highest BCUT2D eigenvalue weighted by molar-refractivity contribution is 6.30. The molecule has 0 spiro atoms. The van der Waals surface area contributed by atoms with E-state index in [1.165, 1.54) is 0 Å². The van der Waals surface area contributed by atoms with Gasteiger partial charge in [0.1, 0.15) is 11.2 Å². The van der Waals surface area contributed by atoms with Gasteiger partial charge in [0.2, 0.25) is 11.8 Å². The zero-order chi connectivity index (χ0) is 20.0. The summed E-state index contributed by atoms with van der Waals surface area (Å²) in [6, 6.07) is 20.5. The predicted octanol–water partition coefficient (Wildman–Crippen LogP) is 5.23. The van der Waals surface area contributed by atoms with E-state index in [0.717, 1.165) is 22.0 Å². The van der Waals surface area contributed by atoms with Crippen LogP contribution in [0.2, 0.25) is 5.02 Å². The average Bonchev–Trinajstić information content (AvgIpc) is 3.29. The second-order valence-electron chi connectivity index (χ2n) is 7.18. The van der Waals surface area contributed by atoms with Crippen LogP contribution in [0, 0.1) is 5.92 Å². The van der Waals surface area contributed by atoms with Crippen LogP contribution in [0.5, 0.6) is 0 Å². The number of anilines is 2. The van der Waals surface area contributed by atoms with Gasteiger partial charge in [-0.05, 0) is 42.5 Å². The van der Waals surface area contributed by atoms with Gasteiger partial charge in [0.05, 0.1) is 5.92 Å². The van der Waals surface area contributed by atoms with Crippen molar-refractivity contribution in [1.29, 1.82) is 0 Å². The van der Waals surface area contributed by atoms with Crippen molar-refractivity contribution in [3.63, 3.8) is 0 Å². The van der Waals surface area contributed by atoms with Crippen LogP contribution in [-0.4, -0.2) is 18.4 Å². The Bertz CT molecular complexity index is 1250. The zero-order valence-corrected chi connectivity index (χ0v) is 16.1. The summed E-state index contributed by atoms with van der Waals surface area (Å²) in [7, 11) is 0. The van der Waals surface area contributed by atoms with Crippen LogP contribution >= 0.6 is 11.6 Å². The normalized spacial score (nSPS) is 16.7. The Hall–Kier alpha value is -3.31. The third-order valence-corrected chi connectivity index (χ3v) is 5.53. The first-order valence-corrected chi connectivity index (χ1v) is 9.74. The highest BCUT2D eigenvalue weighted by Gasteiger charge is 2.35. The van der Waals surface area contributed by atoms with E-state index < -0.39 is 5.92 Å². The van der Waals surface area contributed by atoms with Crippen molar-refractivity contribution in [2.24, 2.45) is 5.92 Å². The minimum atomic E-state index is -0.412. The van der Waals surface area contributed by atoms with E-state index in [0.29, 0.717) is 22.8 Å². The molecular formula is C23H17ClN2O3. The molecule has 5 rings (SSSR count). The van der Waals surface area contributed by atoms with E-state index >= 15 is 0 Å². The maximum Gasteiger partial charge on any atom is 0.229 e. The van der Waals surface area contributed by atoms with E-state index in [4.69, 9.17) is 16.0 Å². The van der Waals surface area contributed by atoms with E-state index in [1.54, 1.807) is 29.2 Å². The Balaban J connectivity index is 1.34. The Morgan fingerprint density at radius 3 is 2.59 bits per heavy atom. The van der Waals surface area contributed by atoms with E-state index in [9.17, 15) is 9.59 Å². The molecule has 1 saturated heterocycles. The molecule has 3 aromatic carbocycles. The van der Waals surface area contributed by atoms with Crippen molar-refractivity contribution < 1.29 is 14.0 Å². The van der Waals surface area contributed by atoms with Gasteiger partial charge in [0.25, 0.3) is 0 Å². The second-order valence-corrected chi connectivity index (χ2v) is 7.62. The van der Waals surface area contributed by atoms with Crippen LogP contribution in [-0.2, 0) is 9.59 Å². The number of hydrogen-bond donors (Lipinski definition) is 1. The number of para-hydroxylation sites is 1. The first-order valence-electron chi connectivity index (χ1n) is 9.36. The standard InChI is InChI=1S/C23H17ClN2O3/c24-15-5-8-17(9-6-15)26-13-14(11-22(26)27)23(28)25-16-7-10-19-18-3-1-2-4-20(18)29-21(19)12-16/h1-10,12,14H,11,13H2,(H,25,28)/t14-/m0/s1. The molecule has 1 aliphatic heterocycles. The molecule has 1 N–H and O–H groups in total. The van der Waals surface area contributed by atoms with Gasteiger partial charge >= 0.3 is 0 Å². The van der Waals surface area contributed by atoms with Gasteiger partial charge in [0.15, 0.2) is 0 Å². The van der Waals surface area contributed by atoms with Gasteiger partial charge in [-0.3, -0.25) is 9.59 Å². The van der Waals surface area contributed by atoms with Crippen molar-refractivity contribution in [3.05, 3.63) is 71.8 Å². The molecule has 0 aliphatic carbocycles. The molecule has 6 heteroatoms. The Morgan fingerprint density at radius 1 is 1.00 bits per heavy atom. The minimum Gasteiger partial charge on any atom is -0.456 e. The largest absolute Gasteiger partial charge is 0.456 e. The number of amides is 2. The van der Waals surface area contributed by atoms with Crippen LogP contribution in [0.15, 0.2) is 71.1 Å². The third-order valence-electron chi connectivity index (χ3n) is 5.28. The summed E-state index contributed by atoms with van der Waals surface area (Å²) in [6.07, 6.45) is 0.182. The third kappa shape index (κ3) is 3.23. The second kappa shape index (κ2) is 6.94. The monoisotopic (exact) mass is 404 g/mol. The molecular weight excluding hydrogens is 388 g/mol. The summed E-state index contributed by atoms with van der Waals surface area (Å²) < 4.78 is 5.88. The molecule has 5 nitrogen and oxygen atoms in total. The molecule has 0 unspecified atom stereocenters. The fraction of sp³-hybridized carbons (Fsp3) is 0.130. The van der Waals surface area contributed by atoms with Gasteiger partial charge in [-0.25, -0.2) is 0 Å². The molecule has 29 heavy (non-hydrogen) atoms. The van der Waals surface area contributed by atoms with Crippen molar-refractivity contribution >= 4 is 56.7 Å². The number of rotatable bonds is 3. The van der Waals surface area contributed by atoms with Crippen molar-refractivity contribution in [3.8, 4) is 0 Å². The maximum atomic E-state index is 12.8. The Labute approximate surface area is 171 Å². The van der Waals surface area contributed by atoms with Crippen molar-refractivity contribution in [1.82, 2.24) is 0 Å².